The quantitative estimate of drug-likeness (QED) is 0.866. The molecule has 124 valence electrons. The van der Waals surface area contributed by atoms with Gasteiger partial charge in [0.25, 0.3) is 0 Å². The van der Waals surface area contributed by atoms with Gasteiger partial charge in [-0.15, -0.1) is 0 Å². The predicted molar refractivity (Wildman–Crippen MR) is 85.5 cm³/mol. The zero-order chi connectivity index (χ0) is 16.4. The number of nitrogens with one attached hydrogen (secondary N) is 1. The molecule has 2 aliphatic rings. The predicted octanol–water partition coefficient (Wildman–Crippen LogP) is 2.58. The SMILES string of the molecule is O=C(O)[C@@H]1CCC[C@H](CNC(=O)[C@@H]2C[C@H]2c2cccc(Cl)c2)O1. The Morgan fingerprint density at radius 2 is 2.17 bits per heavy atom. The number of rotatable bonds is 5. The van der Waals surface area contributed by atoms with Crippen molar-refractivity contribution in [2.24, 2.45) is 5.92 Å². The Kier molecular flexibility index (Phi) is 4.87. The Balaban J connectivity index is 1.46. The normalized spacial score (nSPS) is 29.8. The van der Waals surface area contributed by atoms with Gasteiger partial charge in [-0.05, 0) is 49.3 Å². The van der Waals surface area contributed by atoms with Gasteiger partial charge in [0.05, 0.1) is 6.10 Å². The van der Waals surface area contributed by atoms with E-state index in [1.807, 2.05) is 24.3 Å². The molecule has 1 aliphatic heterocycles. The second-order valence-corrected chi connectivity index (χ2v) is 6.70. The smallest absolute Gasteiger partial charge is 0.332 e. The van der Waals surface area contributed by atoms with Crippen molar-refractivity contribution in [1.82, 2.24) is 5.32 Å². The first-order valence-corrected chi connectivity index (χ1v) is 8.34. The van der Waals surface area contributed by atoms with Crippen LogP contribution in [0.2, 0.25) is 5.02 Å². The Morgan fingerprint density at radius 3 is 2.91 bits per heavy atom. The molecule has 1 saturated heterocycles. The minimum atomic E-state index is -0.927. The van der Waals surface area contributed by atoms with E-state index in [0.29, 0.717) is 18.0 Å². The van der Waals surface area contributed by atoms with Crippen molar-refractivity contribution < 1.29 is 19.4 Å². The molecule has 2 N–H and O–H groups in total. The topological polar surface area (TPSA) is 75.6 Å². The van der Waals surface area contributed by atoms with E-state index < -0.39 is 12.1 Å². The number of benzene rings is 1. The van der Waals surface area contributed by atoms with Gasteiger partial charge in [0.2, 0.25) is 5.91 Å². The van der Waals surface area contributed by atoms with Crippen LogP contribution in [0.4, 0.5) is 0 Å². The zero-order valence-corrected chi connectivity index (χ0v) is 13.5. The van der Waals surface area contributed by atoms with Crippen LogP contribution in [0, 0.1) is 5.92 Å². The fraction of sp³-hybridized carbons (Fsp3) is 0.529. The average molecular weight is 338 g/mol. The second kappa shape index (κ2) is 6.89. The molecule has 0 radical (unpaired) electrons. The summed E-state index contributed by atoms with van der Waals surface area (Å²) in [7, 11) is 0. The Hall–Kier alpha value is -1.59. The van der Waals surface area contributed by atoms with Gasteiger partial charge in [-0.25, -0.2) is 4.79 Å². The molecule has 1 amide bonds. The van der Waals surface area contributed by atoms with Gasteiger partial charge in [0.1, 0.15) is 0 Å². The van der Waals surface area contributed by atoms with Crippen LogP contribution in [-0.4, -0.2) is 35.7 Å². The van der Waals surface area contributed by atoms with Crippen LogP contribution < -0.4 is 5.32 Å². The van der Waals surface area contributed by atoms with Crippen LogP contribution in [0.25, 0.3) is 0 Å². The molecular weight excluding hydrogens is 318 g/mol. The van der Waals surface area contributed by atoms with Gasteiger partial charge in [-0.3, -0.25) is 4.79 Å². The van der Waals surface area contributed by atoms with Crippen molar-refractivity contribution in [1.29, 1.82) is 0 Å². The summed E-state index contributed by atoms with van der Waals surface area (Å²) in [6.07, 6.45) is 2.01. The van der Waals surface area contributed by atoms with Gasteiger partial charge in [-0.2, -0.15) is 0 Å². The lowest BCUT2D eigenvalue weighted by Gasteiger charge is -2.27. The summed E-state index contributed by atoms with van der Waals surface area (Å²) in [5.74, 6) is -0.708. The van der Waals surface area contributed by atoms with Crippen LogP contribution in [0.1, 0.15) is 37.2 Å². The molecule has 3 rings (SSSR count). The first-order chi connectivity index (χ1) is 11.0. The first kappa shape index (κ1) is 16.3. The first-order valence-electron chi connectivity index (χ1n) is 7.96. The fourth-order valence-corrected chi connectivity index (χ4v) is 3.37. The number of carboxylic acid groups (broad SMARTS) is 1. The molecule has 1 saturated carbocycles. The molecule has 0 aromatic heterocycles. The molecule has 23 heavy (non-hydrogen) atoms. The van der Waals surface area contributed by atoms with Crippen molar-refractivity contribution in [3.8, 4) is 0 Å². The van der Waals surface area contributed by atoms with E-state index in [-0.39, 0.29) is 23.8 Å². The summed E-state index contributed by atoms with van der Waals surface area (Å²) in [5.41, 5.74) is 1.09. The molecule has 6 heteroatoms. The van der Waals surface area contributed by atoms with Crippen molar-refractivity contribution in [3.63, 3.8) is 0 Å². The molecule has 4 atom stereocenters. The summed E-state index contributed by atoms with van der Waals surface area (Å²) in [6, 6.07) is 7.61. The van der Waals surface area contributed by atoms with E-state index in [0.717, 1.165) is 24.8 Å². The van der Waals surface area contributed by atoms with E-state index in [9.17, 15) is 9.59 Å². The number of hydrogen-bond donors (Lipinski definition) is 2. The third kappa shape index (κ3) is 4.03. The van der Waals surface area contributed by atoms with E-state index >= 15 is 0 Å². The number of ether oxygens (including phenoxy) is 1. The average Bonchev–Trinajstić information content (AvgIpc) is 3.33. The molecule has 1 aromatic rings. The van der Waals surface area contributed by atoms with Crippen molar-refractivity contribution in [3.05, 3.63) is 34.9 Å². The number of amides is 1. The minimum absolute atomic E-state index is 0.0102. The van der Waals surface area contributed by atoms with Crippen molar-refractivity contribution in [2.75, 3.05) is 6.54 Å². The maximum absolute atomic E-state index is 12.2. The van der Waals surface area contributed by atoms with E-state index in [1.54, 1.807) is 0 Å². The standard InChI is InChI=1S/C17H20ClNO4/c18-11-4-1-3-10(7-11)13-8-14(13)16(20)19-9-12-5-2-6-15(23-12)17(21)22/h1,3-4,7,12-15H,2,5-6,8-9H2,(H,19,20)(H,21,22)/t12-,13+,14-,15+/m1/s1. The van der Waals surface area contributed by atoms with E-state index in [1.165, 1.54) is 0 Å². The van der Waals surface area contributed by atoms with Crippen LogP contribution in [0.3, 0.4) is 0 Å². The van der Waals surface area contributed by atoms with Crippen LogP contribution in [0.15, 0.2) is 24.3 Å². The lowest BCUT2D eigenvalue weighted by molar-refractivity contribution is -0.158. The molecule has 0 spiro atoms. The Bertz CT molecular complexity index is 606. The van der Waals surface area contributed by atoms with E-state index in [2.05, 4.69) is 5.32 Å². The monoisotopic (exact) mass is 337 g/mol. The van der Waals surface area contributed by atoms with Crippen molar-refractivity contribution in [2.45, 2.75) is 43.8 Å². The number of carboxylic acids is 1. The lowest BCUT2D eigenvalue weighted by Crippen LogP contribution is -2.41. The maximum Gasteiger partial charge on any atom is 0.332 e. The largest absolute Gasteiger partial charge is 0.479 e. The summed E-state index contributed by atoms with van der Waals surface area (Å²) in [5, 5.41) is 12.6. The summed E-state index contributed by atoms with van der Waals surface area (Å²) < 4.78 is 5.49. The fourth-order valence-electron chi connectivity index (χ4n) is 3.17. The van der Waals surface area contributed by atoms with Gasteiger partial charge in [0, 0.05) is 17.5 Å². The number of carbonyl (C=O) groups excluding carboxylic acids is 1. The third-order valence-electron chi connectivity index (χ3n) is 4.53. The number of halogens is 1. The van der Waals surface area contributed by atoms with Gasteiger partial charge in [-0.1, -0.05) is 23.7 Å². The number of aliphatic carboxylic acids is 1. The summed E-state index contributed by atoms with van der Waals surface area (Å²) in [6.45, 7) is 0.376. The summed E-state index contributed by atoms with van der Waals surface area (Å²) in [4.78, 5) is 23.2. The molecule has 0 bridgehead atoms. The molecular formula is C17H20ClNO4. The van der Waals surface area contributed by atoms with Crippen LogP contribution >= 0.6 is 11.6 Å². The zero-order valence-electron chi connectivity index (χ0n) is 12.7. The number of hydrogen-bond acceptors (Lipinski definition) is 3. The lowest BCUT2D eigenvalue weighted by atomic mass is 10.0. The molecule has 2 fully saturated rings. The molecule has 1 aromatic carbocycles. The minimum Gasteiger partial charge on any atom is -0.479 e. The number of carbonyl (C=O) groups is 2. The Morgan fingerprint density at radius 1 is 1.35 bits per heavy atom. The highest BCUT2D eigenvalue weighted by molar-refractivity contribution is 6.30. The molecule has 0 unspecified atom stereocenters. The maximum atomic E-state index is 12.2. The highest BCUT2D eigenvalue weighted by Crippen LogP contribution is 2.47. The molecule has 1 aliphatic carbocycles. The highest BCUT2D eigenvalue weighted by atomic mass is 35.5. The van der Waals surface area contributed by atoms with Gasteiger partial charge >= 0.3 is 5.97 Å². The van der Waals surface area contributed by atoms with Gasteiger partial charge in [0.15, 0.2) is 6.10 Å². The van der Waals surface area contributed by atoms with E-state index in [4.69, 9.17) is 21.4 Å². The van der Waals surface area contributed by atoms with Crippen LogP contribution in [-0.2, 0) is 14.3 Å². The highest BCUT2D eigenvalue weighted by Gasteiger charge is 2.44. The van der Waals surface area contributed by atoms with Crippen LogP contribution in [0.5, 0.6) is 0 Å². The second-order valence-electron chi connectivity index (χ2n) is 6.26. The van der Waals surface area contributed by atoms with Crippen molar-refractivity contribution >= 4 is 23.5 Å². The molecule has 1 heterocycles. The molecule has 5 nitrogen and oxygen atoms in total. The third-order valence-corrected chi connectivity index (χ3v) is 4.77. The van der Waals surface area contributed by atoms with Gasteiger partial charge < -0.3 is 15.2 Å². The Labute approximate surface area is 140 Å². The summed E-state index contributed by atoms with van der Waals surface area (Å²) >= 11 is 5.98.